The molecular weight excluding hydrogens is 390 g/mol. The summed E-state index contributed by atoms with van der Waals surface area (Å²) in [5.74, 6) is -1.33. The lowest BCUT2D eigenvalue weighted by Gasteiger charge is -2.20. The van der Waals surface area contributed by atoms with Gasteiger partial charge in [-0.1, -0.05) is 6.07 Å². The summed E-state index contributed by atoms with van der Waals surface area (Å²) in [7, 11) is 1.28. The first-order chi connectivity index (χ1) is 14.2. The number of carbonyl (C=O) groups is 3. The van der Waals surface area contributed by atoms with Gasteiger partial charge < -0.3 is 14.2 Å². The van der Waals surface area contributed by atoms with Crippen LogP contribution in [0.5, 0.6) is 0 Å². The molecule has 0 N–H and O–H groups in total. The highest BCUT2D eigenvalue weighted by molar-refractivity contribution is 6.06. The molecule has 0 radical (unpaired) electrons. The van der Waals surface area contributed by atoms with Gasteiger partial charge in [0.1, 0.15) is 5.69 Å². The number of benzene rings is 1. The number of aromatic nitrogens is 1. The molecule has 2 aromatic rings. The average molecular weight is 415 g/mol. The van der Waals surface area contributed by atoms with Crippen LogP contribution in [0, 0.1) is 24.0 Å². The predicted octanol–water partition coefficient (Wildman–Crippen LogP) is 3.16. The van der Waals surface area contributed by atoms with Crippen LogP contribution in [0.15, 0.2) is 24.3 Å². The van der Waals surface area contributed by atoms with E-state index in [1.807, 2.05) is 6.92 Å². The molecule has 9 nitrogen and oxygen atoms in total. The van der Waals surface area contributed by atoms with Crippen LogP contribution in [-0.4, -0.2) is 52.2 Å². The Morgan fingerprint density at radius 1 is 1.20 bits per heavy atom. The van der Waals surface area contributed by atoms with Gasteiger partial charge >= 0.3 is 5.97 Å². The summed E-state index contributed by atoms with van der Waals surface area (Å²) < 4.78 is 6.56. The van der Waals surface area contributed by atoms with Crippen molar-refractivity contribution < 1.29 is 24.0 Å². The molecule has 1 amide bonds. The van der Waals surface area contributed by atoms with Crippen molar-refractivity contribution in [2.45, 2.75) is 34.2 Å². The van der Waals surface area contributed by atoms with E-state index in [4.69, 9.17) is 4.74 Å². The number of esters is 1. The summed E-state index contributed by atoms with van der Waals surface area (Å²) in [6, 6.07) is 5.39. The van der Waals surface area contributed by atoms with E-state index in [1.54, 1.807) is 25.3 Å². The summed E-state index contributed by atoms with van der Waals surface area (Å²) in [5, 5.41) is 11.0. The monoisotopic (exact) mass is 415 g/mol. The van der Waals surface area contributed by atoms with E-state index in [-0.39, 0.29) is 30.1 Å². The second-order valence-corrected chi connectivity index (χ2v) is 6.72. The minimum absolute atomic E-state index is 0.133. The van der Waals surface area contributed by atoms with E-state index in [2.05, 4.69) is 0 Å². The molecule has 1 aromatic carbocycles. The zero-order valence-electron chi connectivity index (χ0n) is 17.7. The molecule has 1 aromatic heterocycles. The number of nitro groups is 1. The first-order valence-corrected chi connectivity index (χ1v) is 9.52. The standard InChI is InChI=1S/C21H25N3O6/c1-6-22(20(26)15-9-8-10-16(11-15)24(28)29)12-17(25)18-13(3)19(21(27)30-5)23(7-2)14(18)4/h8-11H,6-7,12H2,1-5H3. The van der Waals surface area contributed by atoms with Crippen molar-refractivity contribution in [3.63, 3.8) is 0 Å². The summed E-state index contributed by atoms with van der Waals surface area (Å²) in [6.07, 6.45) is 0. The van der Waals surface area contributed by atoms with E-state index in [0.717, 1.165) is 0 Å². The molecule has 0 aliphatic carbocycles. The molecule has 0 saturated heterocycles. The number of Topliss-reactive ketones (excluding diaryl/α,β-unsaturated/α-hetero) is 1. The molecule has 160 valence electrons. The second kappa shape index (κ2) is 9.34. The van der Waals surface area contributed by atoms with Crippen LogP contribution in [0.1, 0.15) is 56.3 Å². The summed E-state index contributed by atoms with van der Waals surface area (Å²) >= 11 is 0. The van der Waals surface area contributed by atoms with Gasteiger partial charge in [-0.2, -0.15) is 0 Å². The Balaban J connectivity index is 2.37. The van der Waals surface area contributed by atoms with Crippen LogP contribution in [0.2, 0.25) is 0 Å². The topological polar surface area (TPSA) is 112 Å². The van der Waals surface area contributed by atoms with Crippen molar-refractivity contribution in [2.75, 3.05) is 20.2 Å². The first-order valence-electron chi connectivity index (χ1n) is 9.52. The van der Waals surface area contributed by atoms with Gasteiger partial charge in [0.25, 0.3) is 11.6 Å². The molecule has 0 saturated carbocycles. The molecule has 2 rings (SSSR count). The molecule has 9 heteroatoms. The Morgan fingerprint density at radius 3 is 2.40 bits per heavy atom. The summed E-state index contributed by atoms with van der Waals surface area (Å²) in [6.45, 7) is 7.51. The van der Waals surface area contributed by atoms with Crippen molar-refractivity contribution in [3.8, 4) is 0 Å². The first kappa shape index (κ1) is 22.8. The van der Waals surface area contributed by atoms with Crippen molar-refractivity contribution >= 4 is 23.3 Å². The number of amides is 1. The number of hydrogen-bond acceptors (Lipinski definition) is 6. The maximum absolute atomic E-state index is 13.1. The predicted molar refractivity (Wildman–Crippen MR) is 110 cm³/mol. The molecule has 0 aliphatic heterocycles. The van der Waals surface area contributed by atoms with Gasteiger partial charge in [-0.3, -0.25) is 19.7 Å². The number of nitro benzene ring substituents is 1. The van der Waals surface area contributed by atoms with Crippen LogP contribution in [0.3, 0.4) is 0 Å². The van der Waals surface area contributed by atoms with Gasteiger partial charge in [0.2, 0.25) is 0 Å². The van der Waals surface area contributed by atoms with E-state index < -0.39 is 16.8 Å². The van der Waals surface area contributed by atoms with Crippen molar-refractivity contribution in [1.82, 2.24) is 9.47 Å². The van der Waals surface area contributed by atoms with Crippen molar-refractivity contribution in [2.24, 2.45) is 0 Å². The normalized spacial score (nSPS) is 10.6. The maximum atomic E-state index is 13.1. The fraction of sp³-hybridized carbons (Fsp3) is 0.381. The lowest BCUT2D eigenvalue weighted by Crippen LogP contribution is -2.36. The summed E-state index contributed by atoms with van der Waals surface area (Å²) in [5.41, 5.74) is 1.76. The van der Waals surface area contributed by atoms with E-state index in [1.165, 1.54) is 36.3 Å². The largest absolute Gasteiger partial charge is 0.464 e. The third kappa shape index (κ3) is 4.24. The third-order valence-corrected chi connectivity index (χ3v) is 5.05. The minimum atomic E-state index is -0.577. The molecule has 0 bridgehead atoms. The Bertz CT molecular complexity index is 1010. The maximum Gasteiger partial charge on any atom is 0.354 e. The number of hydrogen-bond donors (Lipinski definition) is 0. The van der Waals surface area contributed by atoms with Crippen LogP contribution in [0.25, 0.3) is 0 Å². The Morgan fingerprint density at radius 2 is 1.87 bits per heavy atom. The fourth-order valence-corrected chi connectivity index (χ4v) is 3.58. The van der Waals surface area contributed by atoms with Gasteiger partial charge in [0, 0.05) is 42.0 Å². The van der Waals surface area contributed by atoms with Gasteiger partial charge in [0.05, 0.1) is 18.6 Å². The van der Waals surface area contributed by atoms with E-state index >= 15 is 0 Å². The van der Waals surface area contributed by atoms with Crippen molar-refractivity contribution in [1.29, 1.82) is 0 Å². The number of ketones is 1. The number of non-ortho nitro benzene ring substituents is 1. The number of methoxy groups -OCH3 is 1. The minimum Gasteiger partial charge on any atom is -0.464 e. The molecule has 0 atom stereocenters. The highest BCUT2D eigenvalue weighted by Gasteiger charge is 2.28. The molecular formula is C21H25N3O6. The molecule has 1 heterocycles. The highest BCUT2D eigenvalue weighted by atomic mass is 16.6. The number of likely N-dealkylation sites (N-methyl/N-ethyl adjacent to an activating group) is 1. The number of carbonyl (C=O) groups excluding carboxylic acids is 3. The van der Waals surface area contributed by atoms with Crippen LogP contribution in [0.4, 0.5) is 5.69 Å². The lowest BCUT2D eigenvalue weighted by molar-refractivity contribution is -0.384. The molecule has 0 fully saturated rings. The second-order valence-electron chi connectivity index (χ2n) is 6.72. The van der Waals surface area contributed by atoms with E-state index in [9.17, 15) is 24.5 Å². The quantitative estimate of drug-likeness (QED) is 0.283. The van der Waals surface area contributed by atoms with Gasteiger partial charge in [-0.25, -0.2) is 4.79 Å². The number of nitrogens with zero attached hydrogens (tertiary/aromatic N) is 3. The van der Waals surface area contributed by atoms with Crippen LogP contribution >= 0.6 is 0 Å². The molecule has 0 spiro atoms. The van der Waals surface area contributed by atoms with Gasteiger partial charge in [-0.15, -0.1) is 0 Å². The Kier molecular flexibility index (Phi) is 7.10. The van der Waals surface area contributed by atoms with E-state index in [0.29, 0.717) is 29.1 Å². The van der Waals surface area contributed by atoms with Crippen LogP contribution in [-0.2, 0) is 11.3 Å². The Hall–Kier alpha value is -3.49. The average Bonchev–Trinajstić information content (AvgIpc) is 3.00. The SMILES string of the molecule is CCN(CC(=O)c1c(C)c(C(=O)OC)n(CC)c1C)C(=O)c1cccc([N+](=O)[O-])c1. The summed E-state index contributed by atoms with van der Waals surface area (Å²) in [4.78, 5) is 49.8. The Labute approximate surface area is 174 Å². The smallest absolute Gasteiger partial charge is 0.354 e. The number of rotatable bonds is 8. The fourth-order valence-electron chi connectivity index (χ4n) is 3.58. The molecule has 30 heavy (non-hydrogen) atoms. The van der Waals surface area contributed by atoms with Crippen molar-refractivity contribution in [3.05, 3.63) is 62.5 Å². The molecule has 0 aliphatic rings. The number of ether oxygens (including phenoxy) is 1. The highest BCUT2D eigenvalue weighted by Crippen LogP contribution is 2.24. The van der Waals surface area contributed by atoms with Gasteiger partial charge in [-0.05, 0) is 39.3 Å². The van der Waals surface area contributed by atoms with Crippen LogP contribution < -0.4 is 0 Å². The zero-order chi connectivity index (χ0) is 22.6. The third-order valence-electron chi connectivity index (χ3n) is 5.05. The van der Waals surface area contributed by atoms with Gasteiger partial charge in [0.15, 0.2) is 5.78 Å². The zero-order valence-corrected chi connectivity index (χ0v) is 17.7. The lowest BCUT2D eigenvalue weighted by atomic mass is 10.0. The molecule has 0 unspecified atom stereocenters.